The van der Waals surface area contributed by atoms with Crippen molar-refractivity contribution in [3.63, 3.8) is 0 Å². The maximum absolute atomic E-state index is 11.8. The number of hydrogen-bond acceptors (Lipinski definition) is 3. The smallest absolute Gasteiger partial charge is 0.221 e. The van der Waals surface area contributed by atoms with Crippen molar-refractivity contribution in [2.24, 2.45) is 5.41 Å². The third-order valence-corrected chi connectivity index (χ3v) is 5.08. The van der Waals surface area contributed by atoms with Gasteiger partial charge in [-0.3, -0.25) is 4.79 Å². The molecule has 18 heavy (non-hydrogen) atoms. The summed E-state index contributed by atoms with van der Waals surface area (Å²) < 4.78 is 0. The van der Waals surface area contributed by atoms with Crippen LogP contribution >= 0.6 is 24.2 Å². The van der Waals surface area contributed by atoms with E-state index in [0.29, 0.717) is 17.9 Å². The molecule has 1 atom stereocenters. The molecule has 5 heteroatoms. The highest BCUT2D eigenvalue weighted by molar-refractivity contribution is 7.99. The number of rotatable bonds is 4. The third kappa shape index (κ3) is 4.98. The molecule has 1 aliphatic heterocycles. The number of amides is 1. The first-order valence-electron chi connectivity index (χ1n) is 6.76. The van der Waals surface area contributed by atoms with Crippen molar-refractivity contribution in [2.75, 3.05) is 24.6 Å². The number of hydrogen-bond donors (Lipinski definition) is 2. The maximum atomic E-state index is 11.8. The zero-order valence-corrected chi connectivity index (χ0v) is 12.8. The Labute approximate surface area is 121 Å². The number of carbonyl (C=O) groups is 1. The Hall–Kier alpha value is 0.0700. The molecular formula is C13H25ClN2OS. The summed E-state index contributed by atoms with van der Waals surface area (Å²) in [6.07, 6.45) is 5.83. The van der Waals surface area contributed by atoms with Gasteiger partial charge in [0.1, 0.15) is 0 Å². The van der Waals surface area contributed by atoms with Crippen LogP contribution in [0.3, 0.4) is 0 Å². The van der Waals surface area contributed by atoms with Gasteiger partial charge in [-0.05, 0) is 18.3 Å². The van der Waals surface area contributed by atoms with Crippen LogP contribution in [0, 0.1) is 5.41 Å². The van der Waals surface area contributed by atoms with Crippen molar-refractivity contribution in [1.82, 2.24) is 10.6 Å². The second-order valence-corrected chi connectivity index (χ2v) is 6.87. The predicted octanol–water partition coefficient (Wildman–Crippen LogP) is 2.20. The zero-order valence-electron chi connectivity index (χ0n) is 11.2. The molecule has 0 aromatic carbocycles. The van der Waals surface area contributed by atoms with E-state index in [1.807, 2.05) is 11.8 Å². The van der Waals surface area contributed by atoms with Crippen LogP contribution in [0.5, 0.6) is 0 Å². The van der Waals surface area contributed by atoms with Crippen molar-refractivity contribution in [2.45, 2.75) is 45.1 Å². The highest BCUT2D eigenvalue weighted by atomic mass is 35.5. The van der Waals surface area contributed by atoms with Crippen LogP contribution in [-0.4, -0.2) is 36.5 Å². The minimum Gasteiger partial charge on any atom is -0.356 e. The Balaban J connectivity index is 0.00000162. The van der Waals surface area contributed by atoms with E-state index < -0.39 is 0 Å². The highest BCUT2D eigenvalue weighted by Gasteiger charge is 2.29. The lowest BCUT2D eigenvalue weighted by Gasteiger charge is -2.26. The van der Waals surface area contributed by atoms with E-state index in [1.165, 1.54) is 31.4 Å². The molecule has 1 aliphatic carbocycles. The first-order chi connectivity index (χ1) is 8.18. The first-order valence-corrected chi connectivity index (χ1v) is 7.91. The van der Waals surface area contributed by atoms with Crippen molar-refractivity contribution in [3.05, 3.63) is 0 Å². The predicted molar refractivity (Wildman–Crippen MR) is 80.6 cm³/mol. The molecule has 0 radical (unpaired) electrons. The first kappa shape index (κ1) is 16.1. The van der Waals surface area contributed by atoms with Gasteiger partial charge < -0.3 is 10.6 Å². The molecule has 0 spiro atoms. The highest BCUT2D eigenvalue weighted by Crippen LogP contribution is 2.36. The van der Waals surface area contributed by atoms with Gasteiger partial charge in [0.25, 0.3) is 0 Å². The molecule has 106 valence electrons. The molecule has 0 aromatic rings. The fraction of sp³-hybridized carbons (Fsp3) is 0.923. The van der Waals surface area contributed by atoms with Gasteiger partial charge in [0.15, 0.2) is 0 Å². The quantitative estimate of drug-likeness (QED) is 0.835. The molecule has 2 aliphatic rings. The van der Waals surface area contributed by atoms with E-state index in [9.17, 15) is 4.79 Å². The van der Waals surface area contributed by atoms with Crippen LogP contribution in [0.1, 0.15) is 39.0 Å². The summed E-state index contributed by atoms with van der Waals surface area (Å²) in [5, 5.41) is 6.53. The second kappa shape index (κ2) is 7.61. The molecule has 1 unspecified atom stereocenters. The normalized spacial score (nSPS) is 26.4. The largest absolute Gasteiger partial charge is 0.356 e. The van der Waals surface area contributed by atoms with E-state index in [0.717, 1.165) is 18.8 Å². The Morgan fingerprint density at radius 1 is 1.44 bits per heavy atom. The Kier molecular flexibility index (Phi) is 6.82. The van der Waals surface area contributed by atoms with Gasteiger partial charge in [-0.2, -0.15) is 11.8 Å². The van der Waals surface area contributed by atoms with E-state index in [-0.39, 0.29) is 18.3 Å². The maximum Gasteiger partial charge on any atom is 0.221 e. The van der Waals surface area contributed by atoms with Gasteiger partial charge in [0, 0.05) is 37.1 Å². The van der Waals surface area contributed by atoms with Gasteiger partial charge in [-0.1, -0.05) is 19.8 Å². The average molecular weight is 293 g/mol. The van der Waals surface area contributed by atoms with Crippen LogP contribution in [-0.2, 0) is 4.79 Å². The molecule has 3 nitrogen and oxygen atoms in total. The summed E-state index contributed by atoms with van der Waals surface area (Å²) in [7, 11) is 0. The molecule has 1 amide bonds. The van der Waals surface area contributed by atoms with Crippen LogP contribution < -0.4 is 10.6 Å². The molecular weight excluding hydrogens is 268 g/mol. The van der Waals surface area contributed by atoms with E-state index in [1.54, 1.807) is 0 Å². The molecule has 2 rings (SSSR count). The molecule has 0 aromatic heterocycles. The lowest BCUT2D eigenvalue weighted by atomic mass is 9.89. The van der Waals surface area contributed by atoms with Crippen molar-refractivity contribution in [3.8, 4) is 0 Å². The van der Waals surface area contributed by atoms with Gasteiger partial charge in [0.05, 0.1) is 0 Å². The van der Waals surface area contributed by atoms with Crippen LogP contribution in [0.25, 0.3) is 0 Å². The number of thioether (sulfide) groups is 1. The fourth-order valence-electron chi connectivity index (χ4n) is 2.76. The summed E-state index contributed by atoms with van der Waals surface area (Å²) in [5.41, 5.74) is 0.365. The van der Waals surface area contributed by atoms with E-state index in [4.69, 9.17) is 0 Å². The van der Waals surface area contributed by atoms with Crippen molar-refractivity contribution < 1.29 is 4.79 Å². The van der Waals surface area contributed by atoms with E-state index in [2.05, 4.69) is 17.6 Å². The number of nitrogens with one attached hydrogen (secondary N) is 2. The second-order valence-electron chi connectivity index (χ2n) is 5.72. The average Bonchev–Trinajstić information content (AvgIpc) is 2.76. The molecule has 0 bridgehead atoms. The van der Waals surface area contributed by atoms with Gasteiger partial charge in [0.2, 0.25) is 5.91 Å². The van der Waals surface area contributed by atoms with Crippen molar-refractivity contribution in [1.29, 1.82) is 0 Å². The summed E-state index contributed by atoms with van der Waals surface area (Å²) >= 11 is 1.95. The lowest BCUT2D eigenvalue weighted by molar-refractivity contribution is -0.121. The topological polar surface area (TPSA) is 41.1 Å². The summed E-state index contributed by atoms with van der Waals surface area (Å²) in [4.78, 5) is 11.8. The molecule has 2 N–H and O–H groups in total. The van der Waals surface area contributed by atoms with Crippen molar-refractivity contribution >= 4 is 30.1 Å². The standard InChI is InChI=1S/C13H24N2OS.ClH/c1-13(4-2-3-5-13)10-15-12(16)8-11-9-17-7-6-14-11;/h11,14H,2-10H2,1H3,(H,15,16);1H. The monoisotopic (exact) mass is 292 g/mol. The lowest BCUT2D eigenvalue weighted by Crippen LogP contribution is -2.42. The molecule has 1 saturated heterocycles. The van der Waals surface area contributed by atoms with Crippen LogP contribution in [0.4, 0.5) is 0 Å². The molecule has 2 fully saturated rings. The summed E-state index contributed by atoms with van der Waals surface area (Å²) in [6.45, 7) is 4.21. The third-order valence-electron chi connectivity index (χ3n) is 3.95. The number of carbonyl (C=O) groups excluding carboxylic acids is 1. The minimum absolute atomic E-state index is 0. The van der Waals surface area contributed by atoms with Gasteiger partial charge >= 0.3 is 0 Å². The Morgan fingerprint density at radius 3 is 2.78 bits per heavy atom. The minimum atomic E-state index is 0. The van der Waals surface area contributed by atoms with Gasteiger partial charge in [-0.15, -0.1) is 12.4 Å². The van der Waals surface area contributed by atoms with Crippen LogP contribution in [0.2, 0.25) is 0 Å². The Bertz CT molecular complexity index is 264. The summed E-state index contributed by atoms with van der Waals surface area (Å²) in [6, 6.07) is 0.380. The number of halogens is 1. The summed E-state index contributed by atoms with van der Waals surface area (Å²) in [5.74, 6) is 2.47. The zero-order chi connectivity index (χ0) is 12.1. The molecule has 1 saturated carbocycles. The SMILES string of the molecule is CC1(CNC(=O)CC2CSCCN2)CCCC1.Cl. The van der Waals surface area contributed by atoms with E-state index >= 15 is 0 Å². The molecule has 1 heterocycles. The fourth-order valence-corrected chi connectivity index (χ4v) is 3.71. The van der Waals surface area contributed by atoms with Crippen LogP contribution in [0.15, 0.2) is 0 Å². The van der Waals surface area contributed by atoms with Gasteiger partial charge in [-0.25, -0.2) is 0 Å². The Morgan fingerprint density at radius 2 is 2.17 bits per heavy atom.